The van der Waals surface area contributed by atoms with Crippen LogP contribution in [0, 0.1) is 13.8 Å². The highest BCUT2D eigenvalue weighted by molar-refractivity contribution is 6.35. The number of halogens is 2. The Morgan fingerprint density at radius 3 is 2.56 bits per heavy atom. The zero-order valence-electron chi connectivity index (χ0n) is 15.5. The molecule has 0 bridgehead atoms. The highest BCUT2D eigenvalue weighted by atomic mass is 35.5. The molecule has 0 spiro atoms. The van der Waals surface area contributed by atoms with Gasteiger partial charge in [-0.25, -0.2) is 4.79 Å². The van der Waals surface area contributed by atoms with Gasteiger partial charge in [0, 0.05) is 36.9 Å². The van der Waals surface area contributed by atoms with Crippen molar-refractivity contribution in [3.8, 4) is 5.75 Å². The fraction of sp³-hybridized carbons (Fsp3) is 0.350. The molecule has 27 heavy (non-hydrogen) atoms. The van der Waals surface area contributed by atoms with E-state index in [2.05, 4.69) is 42.3 Å². The SMILES string of the molecule is Cc1cccc(N2CCN(C(=O)NCOc3ccc(Cl)cc3Cl)CC2)c1C. The van der Waals surface area contributed by atoms with Crippen molar-refractivity contribution >= 4 is 34.9 Å². The molecule has 1 aliphatic heterocycles. The van der Waals surface area contributed by atoms with E-state index in [1.54, 1.807) is 23.1 Å². The molecule has 3 rings (SSSR count). The second-order valence-electron chi connectivity index (χ2n) is 6.54. The molecule has 2 aromatic rings. The van der Waals surface area contributed by atoms with Crippen LogP contribution in [0.2, 0.25) is 10.0 Å². The maximum absolute atomic E-state index is 12.4. The highest BCUT2D eigenvalue weighted by Gasteiger charge is 2.22. The summed E-state index contributed by atoms with van der Waals surface area (Å²) < 4.78 is 5.51. The van der Waals surface area contributed by atoms with Gasteiger partial charge in [-0.1, -0.05) is 35.3 Å². The Hall–Kier alpha value is -2.11. The van der Waals surface area contributed by atoms with Crippen molar-refractivity contribution in [1.29, 1.82) is 0 Å². The molecule has 0 saturated carbocycles. The maximum atomic E-state index is 12.4. The highest BCUT2D eigenvalue weighted by Crippen LogP contribution is 2.27. The van der Waals surface area contributed by atoms with Gasteiger partial charge >= 0.3 is 6.03 Å². The monoisotopic (exact) mass is 407 g/mol. The zero-order chi connectivity index (χ0) is 19.4. The predicted molar refractivity (Wildman–Crippen MR) is 110 cm³/mol. The number of benzene rings is 2. The van der Waals surface area contributed by atoms with E-state index in [0.29, 0.717) is 28.9 Å². The molecule has 1 N–H and O–H groups in total. The van der Waals surface area contributed by atoms with Gasteiger partial charge in [-0.3, -0.25) is 0 Å². The van der Waals surface area contributed by atoms with Crippen molar-refractivity contribution < 1.29 is 9.53 Å². The van der Waals surface area contributed by atoms with E-state index < -0.39 is 0 Å². The molecule has 0 atom stereocenters. The lowest BCUT2D eigenvalue weighted by atomic mass is 10.1. The number of carbonyl (C=O) groups excluding carboxylic acids is 1. The Morgan fingerprint density at radius 2 is 1.85 bits per heavy atom. The molecular formula is C20H23Cl2N3O2. The molecule has 1 fully saturated rings. The van der Waals surface area contributed by atoms with Crippen LogP contribution in [0.3, 0.4) is 0 Å². The minimum absolute atomic E-state index is 0.0530. The van der Waals surface area contributed by atoms with Gasteiger partial charge in [-0.15, -0.1) is 0 Å². The van der Waals surface area contributed by atoms with Gasteiger partial charge in [0.15, 0.2) is 6.73 Å². The average molecular weight is 408 g/mol. The minimum Gasteiger partial charge on any atom is -0.472 e. The second kappa shape index (κ2) is 8.72. The number of amides is 2. The first-order chi connectivity index (χ1) is 13.0. The van der Waals surface area contributed by atoms with E-state index >= 15 is 0 Å². The summed E-state index contributed by atoms with van der Waals surface area (Å²) in [5.74, 6) is 0.487. The van der Waals surface area contributed by atoms with Crippen LogP contribution in [0.4, 0.5) is 10.5 Å². The number of rotatable bonds is 4. The number of piperazine rings is 1. The van der Waals surface area contributed by atoms with Gasteiger partial charge in [-0.05, 0) is 49.2 Å². The van der Waals surface area contributed by atoms with Gasteiger partial charge < -0.3 is 19.9 Å². The van der Waals surface area contributed by atoms with E-state index in [1.807, 2.05) is 0 Å². The lowest BCUT2D eigenvalue weighted by Crippen LogP contribution is -2.52. The first-order valence-electron chi connectivity index (χ1n) is 8.87. The molecule has 2 aromatic carbocycles. The zero-order valence-corrected chi connectivity index (χ0v) is 17.0. The number of hydrogen-bond donors (Lipinski definition) is 1. The summed E-state index contributed by atoms with van der Waals surface area (Å²) in [6, 6.07) is 11.2. The Morgan fingerprint density at radius 1 is 1.11 bits per heavy atom. The smallest absolute Gasteiger partial charge is 0.320 e. The minimum atomic E-state index is -0.138. The Kier molecular flexibility index (Phi) is 6.34. The molecule has 1 aliphatic rings. The van der Waals surface area contributed by atoms with Crippen molar-refractivity contribution in [3.05, 3.63) is 57.6 Å². The third-order valence-electron chi connectivity index (χ3n) is 4.83. The van der Waals surface area contributed by atoms with Crippen LogP contribution < -0.4 is 15.0 Å². The van der Waals surface area contributed by atoms with E-state index in [4.69, 9.17) is 27.9 Å². The third-order valence-corrected chi connectivity index (χ3v) is 5.36. The van der Waals surface area contributed by atoms with Gasteiger partial charge in [-0.2, -0.15) is 0 Å². The second-order valence-corrected chi connectivity index (χ2v) is 7.38. The molecule has 0 aliphatic carbocycles. The number of anilines is 1. The molecule has 2 amide bonds. The molecule has 0 unspecified atom stereocenters. The first-order valence-corrected chi connectivity index (χ1v) is 9.63. The summed E-state index contributed by atoms with van der Waals surface area (Å²) in [6.07, 6.45) is 0. The molecule has 7 heteroatoms. The van der Waals surface area contributed by atoms with Crippen molar-refractivity contribution in [1.82, 2.24) is 10.2 Å². The summed E-state index contributed by atoms with van der Waals surface area (Å²) in [5, 5.41) is 3.73. The predicted octanol–water partition coefficient (Wildman–Crippen LogP) is 4.48. The summed E-state index contributed by atoms with van der Waals surface area (Å²) in [6.45, 7) is 7.26. The van der Waals surface area contributed by atoms with Crippen LogP contribution in [0.5, 0.6) is 5.75 Å². The largest absolute Gasteiger partial charge is 0.472 e. The fourth-order valence-electron chi connectivity index (χ4n) is 3.11. The summed E-state index contributed by atoms with van der Waals surface area (Å²) in [7, 11) is 0. The Bertz CT molecular complexity index is 821. The van der Waals surface area contributed by atoms with Gasteiger partial charge in [0.1, 0.15) is 5.75 Å². The number of nitrogens with one attached hydrogen (secondary N) is 1. The number of ether oxygens (including phenoxy) is 1. The summed E-state index contributed by atoms with van der Waals surface area (Å²) in [5.41, 5.74) is 3.82. The van der Waals surface area contributed by atoms with Crippen molar-refractivity contribution in [2.75, 3.05) is 37.8 Å². The number of hydrogen-bond acceptors (Lipinski definition) is 3. The molecular weight excluding hydrogens is 385 g/mol. The Labute approximate surface area is 169 Å². The van der Waals surface area contributed by atoms with Crippen LogP contribution in [-0.2, 0) is 0 Å². The summed E-state index contributed by atoms with van der Waals surface area (Å²) in [4.78, 5) is 16.5. The average Bonchev–Trinajstić information content (AvgIpc) is 2.66. The quantitative estimate of drug-likeness (QED) is 0.759. The summed E-state index contributed by atoms with van der Waals surface area (Å²) >= 11 is 11.9. The van der Waals surface area contributed by atoms with E-state index in [0.717, 1.165) is 13.1 Å². The molecule has 1 heterocycles. The molecule has 0 aromatic heterocycles. The molecule has 144 valence electrons. The van der Waals surface area contributed by atoms with Crippen molar-refractivity contribution in [3.63, 3.8) is 0 Å². The third kappa shape index (κ3) is 4.79. The van der Waals surface area contributed by atoms with Gasteiger partial charge in [0.25, 0.3) is 0 Å². The first kappa shape index (κ1) is 19.6. The van der Waals surface area contributed by atoms with Crippen LogP contribution >= 0.6 is 23.2 Å². The van der Waals surface area contributed by atoms with Crippen LogP contribution in [0.25, 0.3) is 0 Å². The standard InChI is InChI=1S/C20H23Cl2N3O2/c1-14-4-3-5-18(15(14)2)24-8-10-25(11-9-24)20(26)23-13-27-19-7-6-16(21)12-17(19)22/h3-7,12H,8-11,13H2,1-2H3,(H,23,26). The lowest BCUT2D eigenvalue weighted by Gasteiger charge is -2.37. The van der Waals surface area contributed by atoms with E-state index in [-0.39, 0.29) is 12.8 Å². The van der Waals surface area contributed by atoms with Crippen molar-refractivity contribution in [2.45, 2.75) is 13.8 Å². The molecule has 0 radical (unpaired) electrons. The van der Waals surface area contributed by atoms with E-state index in [1.165, 1.54) is 16.8 Å². The number of carbonyl (C=O) groups is 1. The number of nitrogens with zero attached hydrogens (tertiary/aromatic N) is 2. The van der Waals surface area contributed by atoms with E-state index in [9.17, 15) is 4.79 Å². The normalized spacial score (nSPS) is 14.2. The van der Waals surface area contributed by atoms with Crippen LogP contribution in [-0.4, -0.2) is 43.8 Å². The number of urea groups is 1. The molecule has 5 nitrogen and oxygen atoms in total. The number of aryl methyl sites for hydroxylation is 1. The van der Waals surface area contributed by atoms with Crippen molar-refractivity contribution in [2.24, 2.45) is 0 Å². The van der Waals surface area contributed by atoms with Gasteiger partial charge in [0.2, 0.25) is 0 Å². The van der Waals surface area contributed by atoms with Gasteiger partial charge in [0.05, 0.1) is 5.02 Å². The van der Waals surface area contributed by atoms with Crippen LogP contribution in [0.15, 0.2) is 36.4 Å². The lowest BCUT2D eigenvalue weighted by molar-refractivity contribution is 0.181. The topological polar surface area (TPSA) is 44.8 Å². The Balaban J connectivity index is 1.48. The van der Waals surface area contributed by atoms with Crippen LogP contribution in [0.1, 0.15) is 11.1 Å². The fourth-order valence-corrected chi connectivity index (χ4v) is 3.57. The maximum Gasteiger partial charge on any atom is 0.320 e. The molecule has 1 saturated heterocycles.